The summed E-state index contributed by atoms with van der Waals surface area (Å²) < 4.78 is 28.1. The number of oxazole rings is 1. The summed E-state index contributed by atoms with van der Waals surface area (Å²) in [5.41, 5.74) is 0.328. The second-order valence-corrected chi connectivity index (χ2v) is 6.04. The molecule has 1 saturated heterocycles. The molecule has 16 heavy (non-hydrogen) atoms. The van der Waals surface area contributed by atoms with Gasteiger partial charge in [0.25, 0.3) is 0 Å². The van der Waals surface area contributed by atoms with Crippen molar-refractivity contribution in [2.75, 3.05) is 5.75 Å². The van der Waals surface area contributed by atoms with Crippen LogP contribution in [0.15, 0.2) is 10.7 Å². The van der Waals surface area contributed by atoms with E-state index >= 15 is 0 Å². The first-order valence-electron chi connectivity index (χ1n) is 4.87. The fourth-order valence-corrected chi connectivity index (χ4v) is 3.66. The van der Waals surface area contributed by atoms with Crippen molar-refractivity contribution in [2.24, 2.45) is 0 Å². The summed E-state index contributed by atoms with van der Waals surface area (Å²) in [6.45, 7) is 0. The van der Waals surface area contributed by atoms with Crippen LogP contribution in [0, 0.1) is 0 Å². The fourth-order valence-electron chi connectivity index (χ4n) is 1.81. The number of carboxylic acids is 1. The average molecular weight is 245 g/mol. The molecule has 0 amide bonds. The van der Waals surface area contributed by atoms with Crippen LogP contribution in [0.25, 0.3) is 0 Å². The topological polar surface area (TPSA) is 97.5 Å². The maximum absolute atomic E-state index is 11.6. The van der Waals surface area contributed by atoms with Crippen LogP contribution < -0.4 is 0 Å². The van der Waals surface area contributed by atoms with Crippen LogP contribution in [-0.4, -0.2) is 30.2 Å². The Balaban J connectivity index is 2.22. The van der Waals surface area contributed by atoms with E-state index in [4.69, 9.17) is 9.52 Å². The summed E-state index contributed by atoms with van der Waals surface area (Å²) in [5.74, 6) is -0.842. The van der Waals surface area contributed by atoms with Crippen molar-refractivity contribution in [3.05, 3.63) is 17.8 Å². The third-order valence-corrected chi connectivity index (χ3v) is 4.73. The molecule has 88 valence electrons. The van der Waals surface area contributed by atoms with Crippen LogP contribution in [0.4, 0.5) is 0 Å². The number of carboxylic acid groups (broad SMARTS) is 1. The minimum Gasteiger partial charge on any atom is -0.481 e. The average Bonchev–Trinajstić information content (AvgIpc) is 2.70. The normalized spacial score (nSPS) is 23.4. The van der Waals surface area contributed by atoms with Gasteiger partial charge in [0, 0.05) is 0 Å². The van der Waals surface area contributed by atoms with Gasteiger partial charge in [-0.25, -0.2) is 13.4 Å². The molecule has 2 rings (SSSR count). The van der Waals surface area contributed by atoms with E-state index in [1.54, 1.807) is 0 Å². The molecule has 1 aliphatic heterocycles. The lowest BCUT2D eigenvalue weighted by atomic mass is 10.2. The van der Waals surface area contributed by atoms with Gasteiger partial charge in [0.15, 0.2) is 9.84 Å². The molecule has 1 N–H and O–H groups in total. The summed E-state index contributed by atoms with van der Waals surface area (Å²) in [6.07, 6.45) is 2.06. The highest BCUT2D eigenvalue weighted by Crippen LogP contribution is 2.33. The minimum absolute atomic E-state index is 0.0459. The molecule has 0 bridgehead atoms. The Labute approximate surface area is 92.2 Å². The SMILES string of the molecule is O=C(O)Cc1nc(C2CCCS2(=O)=O)co1. The third-order valence-electron chi connectivity index (χ3n) is 2.53. The Bertz CT molecular complexity index is 504. The lowest BCUT2D eigenvalue weighted by Gasteiger charge is -2.03. The number of nitrogens with zero attached hydrogens (tertiary/aromatic N) is 1. The van der Waals surface area contributed by atoms with Gasteiger partial charge in [-0.15, -0.1) is 0 Å². The molecule has 1 unspecified atom stereocenters. The van der Waals surface area contributed by atoms with Gasteiger partial charge < -0.3 is 9.52 Å². The van der Waals surface area contributed by atoms with E-state index < -0.39 is 21.1 Å². The van der Waals surface area contributed by atoms with E-state index in [-0.39, 0.29) is 18.1 Å². The van der Waals surface area contributed by atoms with Gasteiger partial charge in [-0.3, -0.25) is 4.79 Å². The van der Waals surface area contributed by atoms with Gasteiger partial charge in [-0.05, 0) is 12.8 Å². The molecule has 1 aromatic heterocycles. The first-order valence-corrected chi connectivity index (χ1v) is 6.58. The van der Waals surface area contributed by atoms with Crippen LogP contribution in [0.1, 0.15) is 29.7 Å². The lowest BCUT2D eigenvalue weighted by molar-refractivity contribution is -0.136. The largest absolute Gasteiger partial charge is 0.481 e. The van der Waals surface area contributed by atoms with E-state index in [1.165, 1.54) is 6.26 Å². The quantitative estimate of drug-likeness (QED) is 0.835. The molecule has 0 aliphatic carbocycles. The van der Waals surface area contributed by atoms with E-state index in [0.717, 1.165) is 0 Å². The number of hydrogen-bond donors (Lipinski definition) is 1. The van der Waals surface area contributed by atoms with Crippen molar-refractivity contribution in [1.29, 1.82) is 0 Å². The highest BCUT2D eigenvalue weighted by molar-refractivity contribution is 7.91. The Morgan fingerprint density at radius 1 is 1.62 bits per heavy atom. The zero-order valence-electron chi connectivity index (χ0n) is 8.42. The highest BCUT2D eigenvalue weighted by Gasteiger charge is 2.34. The number of sulfone groups is 1. The van der Waals surface area contributed by atoms with Crippen LogP contribution in [0.3, 0.4) is 0 Å². The zero-order valence-corrected chi connectivity index (χ0v) is 9.24. The first kappa shape index (κ1) is 11.1. The maximum Gasteiger partial charge on any atom is 0.312 e. The monoisotopic (exact) mass is 245 g/mol. The zero-order chi connectivity index (χ0) is 11.8. The summed E-state index contributed by atoms with van der Waals surface area (Å²) in [6, 6.07) is 0. The van der Waals surface area contributed by atoms with Crippen molar-refractivity contribution in [3.63, 3.8) is 0 Å². The van der Waals surface area contributed by atoms with Gasteiger partial charge in [-0.2, -0.15) is 0 Å². The van der Waals surface area contributed by atoms with Crippen LogP contribution >= 0.6 is 0 Å². The number of aliphatic carboxylic acids is 1. The molecule has 0 radical (unpaired) electrons. The highest BCUT2D eigenvalue weighted by atomic mass is 32.2. The van der Waals surface area contributed by atoms with Gasteiger partial charge in [0.2, 0.25) is 5.89 Å². The Hall–Kier alpha value is -1.37. The molecular weight excluding hydrogens is 234 g/mol. The second kappa shape index (κ2) is 3.89. The molecule has 1 atom stereocenters. The van der Waals surface area contributed by atoms with Crippen LogP contribution in [-0.2, 0) is 21.1 Å². The van der Waals surface area contributed by atoms with E-state index in [1.807, 2.05) is 0 Å². The Kier molecular flexibility index (Phi) is 2.71. The maximum atomic E-state index is 11.6. The van der Waals surface area contributed by atoms with Gasteiger partial charge in [0.05, 0.1) is 11.4 Å². The molecule has 1 fully saturated rings. The molecule has 2 heterocycles. The number of rotatable bonds is 3. The first-order chi connectivity index (χ1) is 7.49. The molecule has 0 saturated carbocycles. The van der Waals surface area contributed by atoms with Gasteiger partial charge in [-0.1, -0.05) is 0 Å². The van der Waals surface area contributed by atoms with Crippen molar-refractivity contribution in [3.8, 4) is 0 Å². The van der Waals surface area contributed by atoms with E-state index in [0.29, 0.717) is 18.5 Å². The molecule has 6 nitrogen and oxygen atoms in total. The predicted molar refractivity (Wildman–Crippen MR) is 53.6 cm³/mol. The minimum atomic E-state index is -3.13. The van der Waals surface area contributed by atoms with Crippen molar-refractivity contribution in [2.45, 2.75) is 24.5 Å². The third kappa shape index (κ3) is 2.08. The molecule has 7 heteroatoms. The van der Waals surface area contributed by atoms with Crippen LogP contribution in [0.5, 0.6) is 0 Å². The summed E-state index contributed by atoms with van der Waals surface area (Å²) in [7, 11) is -3.13. The van der Waals surface area contributed by atoms with Crippen molar-refractivity contribution in [1.82, 2.24) is 4.98 Å². The summed E-state index contributed by atoms with van der Waals surface area (Å²) in [4.78, 5) is 14.3. The molecule has 1 aliphatic rings. The van der Waals surface area contributed by atoms with E-state index in [9.17, 15) is 13.2 Å². The second-order valence-electron chi connectivity index (χ2n) is 3.73. The van der Waals surface area contributed by atoms with Crippen molar-refractivity contribution >= 4 is 15.8 Å². The summed E-state index contributed by atoms with van der Waals surface area (Å²) >= 11 is 0. The molecule has 0 aromatic carbocycles. The predicted octanol–water partition coefficient (Wildman–Crippen LogP) is 0.551. The Morgan fingerprint density at radius 3 is 2.94 bits per heavy atom. The van der Waals surface area contributed by atoms with Crippen LogP contribution in [0.2, 0.25) is 0 Å². The van der Waals surface area contributed by atoms with Gasteiger partial charge >= 0.3 is 5.97 Å². The standard InChI is InChI=1S/C9H11NO5S/c11-9(12)4-8-10-6(5-15-8)7-2-1-3-16(7,13)14/h5,7H,1-4H2,(H,11,12). The van der Waals surface area contributed by atoms with E-state index in [2.05, 4.69) is 4.98 Å². The fraction of sp³-hybridized carbons (Fsp3) is 0.556. The number of hydrogen-bond acceptors (Lipinski definition) is 5. The number of aromatic nitrogens is 1. The van der Waals surface area contributed by atoms with Crippen molar-refractivity contribution < 1.29 is 22.7 Å². The molecular formula is C9H11NO5S. The Morgan fingerprint density at radius 2 is 2.38 bits per heavy atom. The summed E-state index contributed by atoms with van der Waals surface area (Å²) in [5, 5.41) is 7.90. The molecule has 1 aromatic rings. The molecule has 0 spiro atoms. The lowest BCUT2D eigenvalue weighted by Crippen LogP contribution is -2.08. The number of carbonyl (C=O) groups is 1. The van der Waals surface area contributed by atoms with Gasteiger partial charge in [0.1, 0.15) is 17.9 Å². The smallest absolute Gasteiger partial charge is 0.312 e.